The first-order valence-electron chi connectivity index (χ1n) is 11.7. The molecule has 198 valence electrons. The van der Waals surface area contributed by atoms with Crippen molar-refractivity contribution in [3.8, 4) is 34.5 Å². The Kier molecular flexibility index (Phi) is 7.49. The number of benzene rings is 2. The summed E-state index contributed by atoms with van der Waals surface area (Å²) in [5.41, 5.74) is 2.73. The number of carbonyl (C=O) groups excluding carboxylic acids is 2. The number of carbonyl (C=O) groups is 2. The zero-order chi connectivity index (χ0) is 26.7. The first-order valence-corrected chi connectivity index (χ1v) is 11.7. The third-order valence-electron chi connectivity index (χ3n) is 6.77. The van der Waals surface area contributed by atoms with Crippen LogP contribution < -0.4 is 28.4 Å². The number of fused-ring (bicyclic) bond motifs is 2. The lowest BCUT2D eigenvalue weighted by Crippen LogP contribution is -2.51. The SMILES string of the molecule is COC(=O)C[N@+]1(C)CCc2c(c(OC)c3c(c2C(=O)/C=C/c2ccc(OC)c(OC)c2OC)OCO3)C1. The maximum Gasteiger partial charge on any atom is 0.361 e. The van der Waals surface area contributed by atoms with Crippen LogP contribution in [-0.2, 0) is 22.5 Å². The fourth-order valence-corrected chi connectivity index (χ4v) is 4.97. The van der Waals surface area contributed by atoms with E-state index in [0.29, 0.717) is 69.6 Å². The first kappa shape index (κ1) is 26.2. The van der Waals surface area contributed by atoms with Gasteiger partial charge in [0.15, 0.2) is 35.3 Å². The van der Waals surface area contributed by atoms with Crippen LogP contribution >= 0.6 is 0 Å². The zero-order valence-electron chi connectivity index (χ0n) is 22.0. The molecule has 2 aromatic carbocycles. The molecule has 0 fully saturated rings. The second-order valence-electron chi connectivity index (χ2n) is 9.04. The van der Waals surface area contributed by atoms with E-state index in [1.54, 1.807) is 32.4 Å². The molecule has 0 N–H and O–H groups in total. The molecule has 4 rings (SSSR count). The number of ketones is 1. The van der Waals surface area contributed by atoms with Crippen molar-refractivity contribution in [2.75, 3.05) is 62.5 Å². The highest BCUT2D eigenvalue weighted by molar-refractivity contribution is 6.11. The monoisotopic (exact) mass is 514 g/mol. The number of quaternary nitrogens is 1. The van der Waals surface area contributed by atoms with Gasteiger partial charge in [-0.05, 0) is 29.8 Å². The Labute approximate surface area is 215 Å². The summed E-state index contributed by atoms with van der Waals surface area (Å²) in [5.74, 6) is 2.14. The molecule has 0 saturated carbocycles. The average molecular weight is 515 g/mol. The van der Waals surface area contributed by atoms with Crippen molar-refractivity contribution >= 4 is 17.8 Å². The number of nitrogens with zero attached hydrogens (tertiary/aromatic N) is 1. The third-order valence-corrected chi connectivity index (χ3v) is 6.77. The van der Waals surface area contributed by atoms with Gasteiger partial charge in [0, 0.05) is 12.0 Å². The van der Waals surface area contributed by atoms with E-state index >= 15 is 0 Å². The van der Waals surface area contributed by atoms with Gasteiger partial charge < -0.3 is 37.6 Å². The van der Waals surface area contributed by atoms with Crippen LogP contribution in [0.3, 0.4) is 0 Å². The van der Waals surface area contributed by atoms with Crippen LogP contribution in [0, 0.1) is 0 Å². The lowest BCUT2D eigenvalue weighted by molar-refractivity contribution is -0.917. The largest absolute Gasteiger partial charge is 0.493 e. The van der Waals surface area contributed by atoms with Gasteiger partial charge in [0.1, 0.15) is 6.54 Å². The number of likely N-dealkylation sites (N-methyl/N-ethyl adjacent to an activating group) is 1. The highest BCUT2D eigenvalue weighted by atomic mass is 16.7. The van der Waals surface area contributed by atoms with Gasteiger partial charge in [-0.1, -0.05) is 0 Å². The van der Waals surface area contributed by atoms with Gasteiger partial charge >= 0.3 is 5.97 Å². The van der Waals surface area contributed by atoms with E-state index in [1.807, 2.05) is 7.05 Å². The Morgan fingerprint density at radius 1 is 0.919 bits per heavy atom. The molecule has 2 aliphatic heterocycles. The van der Waals surface area contributed by atoms with Crippen molar-refractivity contribution in [3.63, 3.8) is 0 Å². The fraction of sp³-hybridized carbons (Fsp3) is 0.407. The van der Waals surface area contributed by atoms with Gasteiger partial charge in [-0.25, -0.2) is 4.79 Å². The fourth-order valence-electron chi connectivity index (χ4n) is 4.97. The highest BCUT2D eigenvalue weighted by Crippen LogP contribution is 2.50. The molecule has 0 bridgehead atoms. The number of hydrogen-bond acceptors (Lipinski definition) is 9. The molecule has 2 aromatic rings. The summed E-state index contributed by atoms with van der Waals surface area (Å²) in [6.45, 7) is 1.29. The molecule has 0 unspecified atom stereocenters. The van der Waals surface area contributed by atoms with Crippen molar-refractivity contribution in [1.82, 2.24) is 0 Å². The summed E-state index contributed by atoms with van der Waals surface area (Å²) in [6.07, 6.45) is 3.69. The molecule has 0 aliphatic carbocycles. The van der Waals surface area contributed by atoms with Gasteiger partial charge in [0.25, 0.3) is 0 Å². The molecule has 10 heteroatoms. The first-order chi connectivity index (χ1) is 17.8. The lowest BCUT2D eigenvalue weighted by atomic mass is 9.88. The number of ether oxygens (including phenoxy) is 7. The molecule has 1 atom stereocenters. The quantitative estimate of drug-likeness (QED) is 0.216. The van der Waals surface area contributed by atoms with Crippen molar-refractivity contribution in [2.45, 2.75) is 13.0 Å². The average Bonchev–Trinajstić information content (AvgIpc) is 3.38. The maximum atomic E-state index is 13.7. The second kappa shape index (κ2) is 10.6. The molecule has 0 saturated heterocycles. The predicted molar refractivity (Wildman–Crippen MR) is 134 cm³/mol. The minimum Gasteiger partial charge on any atom is -0.493 e. The van der Waals surface area contributed by atoms with Crippen LogP contribution in [0.15, 0.2) is 18.2 Å². The summed E-state index contributed by atoms with van der Waals surface area (Å²) in [7, 11) is 9.51. The zero-order valence-corrected chi connectivity index (χ0v) is 22.0. The number of hydrogen-bond donors (Lipinski definition) is 0. The van der Waals surface area contributed by atoms with Crippen molar-refractivity contribution in [2.24, 2.45) is 0 Å². The molecule has 0 aromatic heterocycles. The molecule has 2 heterocycles. The molecule has 37 heavy (non-hydrogen) atoms. The van der Waals surface area contributed by atoms with Crippen LogP contribution in [0.25, 0.3) is 6.08 Å². The predicted octanol–water partition coefficient (Wildman–Crippen LogP) is 3.02. The normalized spacial score (nSPS) is 17.8. The lowest BCUT2D eigenvalue weighted by Gasteiger charge is -2.38. The summed E-state index contributed by atoms with van der Waals surface area (Å²) < 4.78 is 38.9. The number of rotatable bonds is 9. The van der Waals surface area contributed by atoms with Crippen molar-refractivity contribution < 1.29 is 47.2 Å². The smallest absolute Gasteiger partial charge is 0.361 e. The molecular formula is C27H32NO9+. The van der Waals surface area contributed by atoms with Crippen LogP contribution in [0.1, 0.15) is 27.0 Å². The Balaban J connectivity index is 1.77. The van der Waals surface area contributed by atoms with E-state index in [1.165, 1.54) is 27.4 Å². The van der Waals surface area contributed by atoms with Crippen LogP contribution in [0.4, 0.5) is 0 Å². The molecule has 0 spiro atoms. The molecule has 0 amide bonds. The topological polar surface area (TPSA) is 98.8 Å². The van der Waals surface area contributed by atoms with E-state index in [4.69, 9.17) is 33.2 Å². The summed E-state index contributed by atoms with van der Waals surface area (Å²) in [5, 5.41) is 0. The summed E-state index contributed by atoms with van der Waals surface area (Å²) in [4.78, 5) is 25.7. The van der Waals surface area contributed by atoms with Crippen LogP contribution in [0.2, 0.25) is 0 Å². The molecule has 10 nitrogen and oxygen atoms in total. The Bertz CT molecular complexity index is 1250. The van der Waals surface area contributed by atoms with E-state index in [0.717, 1.165) is 11.1 Å². The number of methoxy groups -OCH3 is 5. The summed E-state index contributed by atoms with van der Waals surface area (Å²) >= 11 is 0. The van der Waals surface area contributed by atoms with Crippen LogP contribution in [0.5, 0.6) is 34.5 Å². The van der Waals surface area contributed by atoms with E-state index < -0.39 is 0 Å². The van der Waals surface area contributed by atoms with Crippen molar-refractivity contribution in [3.05, 3.63) is 40.5 Å². The van der Waals surface area contributed by atoms with Crippen LogP contribution in [-0.4, -0.2) is 78.7 Å². The molecule has 0 radical (unpaired) electrons. The minimum atomic E-state index is -0.297. The van der Waals surface area contributed by atoms with E-state index in [2.05, 4.69) is 0 Å². The second-order valence-corrected chi connectivity index (χ2v) is 9.04. The maximum absolute atomic E-state index is 13.7. The van der Waals surface area contributed by atoms with Gasteiger partial charge in [0.05, 0.1) is 60.3 Å². The number of esters is 1. The minimum absolute atomic E-state index is 0.0175. The Morgan fingerprint density at radius 2 is 1.62 bits per heavy atom. The number of allylic oxidation sites excluding steroid dienone is 1. The highest BCUT2D eigenvalue weighted by Gasteiger charge is 2.40. The molecular weight excluding hydrogens is 482 g/mol. The third kappa shape index (κ3) is 4.76. The van der Waals surface area contributed by atoms with Gasteiger partial charge in [-0.2, -0.15) is 0 Å². The Hall–Kier alpha value is -3.92. The van der Waals surface area contributed by atoms with Gasteiger partial charge in [-0.3, -0.25) is 4.79 Å². The standard InChI is InChI=1S/C27H32NO9/c1-28(14-21(30)32-3)12-11-17-18(13-28)24(34-5)27-26(36-15-37-27)22(17)19(29)9-7-16-8-10-20(31-2)25(35-6)23(16)33-4/h7-10H,11-15H2,1-6H3/q+1/b9-7+/t28-/m1/s1. The van der Waals surface area contributed by atoms with Gasteiger partial charge in [0.2, 0.25) is 18.3 Å². The summed E-state index contributed by atoms with van der Waals surface area (Å²) in [6, 6.07) is 3.53. The van der Waals surface area contributed by atoms with Gasteiger partial charge in [-0.15, -0.1) is 0 Å². The van der Waals surface area contributed by atoms with E-state index in [9.17, 15) is 9.59 Å². The van der Waals surface area contributed by atoms with Crippen molar-refractivity contribution in [1.29, 1.82) is 0 Å². The van der Waals surface area contributed by atoms with E-state index in [-0.39, 0.29) is 25.1 Å². The molecule has 2 aliphatic rings. The Morgan fingerprint density at radius 3 is 2.27 bits per heavy atom.